The Bertz CT molecular complexity index is 690. The molecule has 0 amide bonds. The molecule has 1 saturated heterocycles. The lowest BCUT2D eigenvalue weighted by atomic mass is 10.2. The van der Waals surface area contributed by atoms with Gasteiger partial charge in [0, 0.05) is 24.5 Å². The monoisotopic (exact) mass is 311 g/mol. The van der Waals surface area contributed by atoms with Gasteiger partial charge in [-0.2, -0.15) is 0 Å². The fourth-order valence-electron chi connectivity index (χ4n) is 2.73. The summed E-state index contributed by atoms with van der Waals surface area (Å²) in [6.45, 7) is 6.15. The Morgan fingerprint density at radius 1 is 1.04 bits per heavy atom. The van der Waals surface area contributed by atoms with Crippen LogP contribution in [0.25, 0.3) is 0 Å². The van der Waals surface area contributed by atoms with E-state index in [2.05, 4.69) is 53.9 Å². The number of aryl methyl sites for hydroxylation is 1. The van der Waals surface area contributed by atoms with Crippen molar-refractivity contribution < 1.29 is 4.39 Å². The van der Waals surface area contributed by atoms with E-state index in [1.807, 2.05) is 0 Å². The quantitative estimate of drug-likeness (QED) is 0.827. The van der Waals surface area contributed by atoms with Gasteiger partial charge in [0.05, 0.1) is 5.69 Å². The zero-order valence-corrected chi connectivity index (χ0v) is 13.6. The summed E-state index contributed by atoms with van der Waals surface area (Å²) in [6, 6.07) is 15.0. The first kappa shape index (κ1) is 15.4. The van der Waals surface area contributed by atoms with E-state index in [4.69, 9.17) is 0 Å². The van der Waals surface area contributed by atoms with Crippen molar-refractivity contribution in [2.75, 3.05) is 23.4 Å². The molecular formula is C19H22FN3. The maximum absolute atomic E-state index is 12.9. The number of anilines is 2. The number of nitrogens with zero attached hydrogens (tertiary/aromatic N) is 1. The van der Waals surface area contributed by atoms with Gasteiger partial charge in [0.15, 0.2) is 0 Å². The van der Waals surface area contributed by atoms with Crippen LogP contribution in [0.2, 0.25) is 0 Å². The molecule has 3 nitrogen and oxygen atoms in total. The van der Waals surface area contributed by atoms with E-state index < -0.39 is 0 Å². The average Bonchev–Trinajstić information content (AvgIpc) is 3.05. The third kappa shape index (κ3) is 3.83. The number of halogens is 1. The second kappa shape index (κ2) is 6.73. The molecule has 1 aliphatic heterocycles. The molecule has 0 unspecified atom stereocenters. The van der Waals surface area contributed by atoms with Crippen molar-refractivity contribution in [1.82, 2.24) is 5.43 Å². The summed E-state index contributed by atoms with van der Waals surface area (Å²) in [5.41, 5.74) is 12.3. The summed E-state index contributed by atoms with van der Waals surface area (Å²) in [5, 5.41) is 0. The molecule has 120 valence electrons. The van der Waals surface area contributed by atoms with Crippen LogP contribution >= 0.6 is 0 Å². The summed E-state index contributed by atoms with van der Waals surface area (Å²) < 4.78 is 12.9. The topological polar surface area (TPSA) is 27.3 Å². The molecule has 3 rings (SSSR count). The SMILES string of the molecule is CC(NNc1ccc(F)cc1)=C1CCN(c2ccc(C)cc2)C1. The van der Waals surface area contributed by atoms with Gasteiger partial charge in [-0.05, 0) is 62.2 Å². The van der Waals surface area contributed by atoms with Crippen molar-refractivity contribution >= 4 is 11.4 Å². The Morgan fingerprint density at radius 3 is 2.43 bits per heavy atom. The minimum atomic E-state index is -0.227. The van der Waals surface area contributed by atoms with Crippen molar-refractivity contribution in [1.29, 1.82) is 0 Å². The molecule has 2 aromatic rings. The summed E-state index contributed by atoms with van der Waals surface area (Å²) in [6.07, 6.45) is 1.05. The summed E-state index contributed by atoms with van der Waals surface area (Å²) in [4.78, 5) is 2.39. The third-order valence-electron chi connectivity index (χ3n) is 4.23. The minimum Gasteiger partial charge on any atom is -0.367 e. The first-order valence-electron chi connectivity index (χ1n) is 7.89. The van der Waals surface area contributed by atoms with E-state index >= 15 is 0 Å². The van der Waals surface area contributed by atoms with Crippen LogP contribution in [0.5, 0.6) is 0 Å². The van der Waals surface area contributed by atoms with E-state index in [-0.39, 0.29) is 5.82 Å². The normalized spacial score (nSPS) is 16.4. The highest BCUT2D eigenvalue weighted by atomic mass is 19.1. The Morgan fingerprint density at radius 2 is 1.74 bits per heavy atom. The first-order valence-corrected chi connectivity index (χ1v) is 7.89. The smallest absolute Gasteiger partial charge is 0.123 e. The van der Waals surface area contributed by atoms with Gasteiger partial charge in [0.2, 0.25) is 0 Å². The number of hydrogen-bond donors (Lipinski definition) is 2. The molecule has 1 aliphatic rings. The molecule has 4 heteroatoms. The maximum Gasteiger partial charge on any atom is 0.123 e. The Labute approximate surface area is 136 Å². The van der Waals surface area contributed by atoms with Gasteiger partial charge in [-0.1, -0.05) is 17.7 Å². The molecule has 0 bridgehead atoms. The second-order valence-electron chi connectivity index (χ2n) is 5.99. The summed E-state index contributed by atoms with van der Waals surface area (Å²) >= 11 is 0. The lowest BCUT2D eigenvalue weighted by Gasteiger charge is -2.18. The highest BCUT2D eigenvalue weighted by Crippen LogP contribution is 2.25. The number of hydrogen-bond acceptors (Lipinski definition) is 3. The predicted molar refractivity (Wildman–Crippen MR) is 93.9 cm³/mol. The number of hydrazine groups is 1. The van der Waals surface area contributed by atoms with Gasteiger partial charge in [0.25, 0.3) is 0 Å². The fourth-order valence-corrected chi connectivity index (χ4v) is 2.73. The van der Waals surface area contributed by atoms with Gasteiger partial charge in [-0.25, -0.2) is 4.39 Å². The molecule has 1 fully saturated rings. The lowest BCUT2D eigenvalue weighted by Crippen LogP contribution is -2.22. The molecular weight excluding hydrogens is 289 g/mol. The molecule has 1 heterocycles. The Kier molecular flexibility index (Phi) is 4.51. The number of benzene rings is 2. The molecule has 23 heavy (non-hydrogen) atoms. The average molecular weight is 311 g/mol. The van der Waals surface area contributed by atoms with Crippen molar-refractivity contribution in [2.45, 2.75) is 20.3 Å². The van der Waals surface area contributed by atoms with E-state index in [1.54, 1.807) is 12.1 Å². The molecule has 0 spiro atoms. The number of allylic oxidation sites excluding steroid dienone is 1. The van der Waals surface area contributed by atoms with Gasteiger partial charge in [-0.3, -0.25) is 0 Å². The Hall–Kier alpha value is -2.49. The van der Waals surface area contributed by atoms with E-state index in [9.17, 15) is 4.39 Å². The van der Waals surface area contributed by atoms with Crippen LogP contribution < -0.4 is 15.8 Å². The first-order chi connectivity index (χ1) is 11.1. The predicted octanol–water partition coefficient (Wildman–Crippen LogP) is 4.23. The number of rotatable bonds is 4. The van der Waals surface area contributed by atoms with Crippen molar-refractivity contribution in [3.05, 3.63) is 71.2 Å². The zero-order chi connectivity index (χ0) is 16.2. The van der Waals surface area contributed by atoms with Gasteiger partial charge in [-0.15, -0.1) is 0 Å². The second-order valence-corrected chi connectivity index (χ2v) is 5.99. The maximum atomic E-state index is 12.9. The fraction of sp³-hybridized carbons (Fsp3) is 0.263. The van der Waals surface area contributed by atoms with Gasteiger partial charge in [0.1, 0.15) is 5.82 Å². The van der Waals surface area contributed by atoms with Gasteiger partial charge >= 0.3 is 0 Å². The van der Waals surface area contributed by atoms with Crippen LogP contribution in [0.4, 0.5) is 15.8 Å². The highest BCUT2D eigenvalue weighted by molar-refractivity contribution is 5.51. The largest absolute Gasteiger partial charge is 0.367 e. The van der Waals surface area contributed by atoms with Crippen molar-refractivity contribution in [3.63, 3.8) is 0 Å². The molecule has 2 aromatic carbocycles. The molecule has 0 radical (unpaired) electrons. The summed E-state index contributed by atoms with van der Waals surface area (Å²) in [7, 11) is 0. The highest BCUT2D eigenvalue weighted by Gasteiger charge is 2.18. The molecule has 2 N–H and O–H groups in total. The zero-order valence-electron chi connectivity index (χ0n) is 13.6. The van der Waals surface area contributed by atoms with Crippen LogP contribution in [0.1, 0.15) is 18.9 Å². The van der Waals surface area contributed by atoms with E-state index in [0.29, 0.717) is 0 Å². The molecule has 0 saturated carbocycles. The van der Waals surface area contributed by atoms with Crippen molar-refractivity contribution in [2.24, 2.45) is 0 Å². The standard InChI is InChI=1S/C19H22FN3/c1-14-3-9-19(10-4-14)23-12-11-16(13-23)15(2)21-22-18-7-5-17(20)6-8-18/h3-10,21-22H,11-13H2,1-2H3. The summed E-state index contributed by atoms with van der Waals surface area (Å²) in [5.74, 6) is -0.227. The molecule has 0 atom stereocenters. The minimum absolute atomic E-state index is 0.227. The van der Waals surface area contributed by atoms with E-state index in [0.717, 1.165) is 30.9 Å². The van der Waals surface area contributed by atoms with Crippen molar-refractivity contribution in [3.8, 4) is 0 Å². The van der Waals surface area contributed by atoms with Crippen LogP contribution in [0.3, 0.4) is 0 Å². The van der Waals surface area contributed by atoms with Crippen LogP contribution in [0, 0.1) is 12.7 Å². The van der Waals surface area contributed by atoms with Gasteiger partial charge < -0.3 is 15.8 Å². The lowest BCUT2D eigenvalue weighted by molar-refractivity contribution is 0.628. The third-order valence-corrected chi connectivity index (χ3v) is 4.23. The molecule has 0 aliphatic carbocycles. The van der Waals surface area contributed by atoms with E-state index in [1.165, 1.54) is 29.0 Å². The molecule has 0 aromatic heterocycles. The van der Waals surface area contributed by atoms with Crippen LogP contribution in [-0.4, -0.2) is 13.1 Å². The number of nitrogens with one attached hydrogen (secondary N) is 2. The van der Waals surface area contributed by atoms with Crippen LogP contribution in [-0.2, 0) is 0 Å². The van der Waals surface area contributed by atoms with Crippen LogP contribution in [0.15, 0.2) is 59.8 Å². The Balaban J connectivity index is 1.61.